The fourth-order valence-electron chi connectivity index (χ4n) is 1.75. The van der Waals surface area contributed by atoms with Crippen LogP contribution in [0.25, 0.3) is 11.1 Å². The summed E-state index contributed by atoms with van der Waals surface area (Å²) in [4.78, 5) is -0.0126. The lowest BCUT2D eigenvalue weighted by atomic mass is 10.1. The van der Waals surface area contributed by atoms with E-state index in [9.17, 15) is 21.6 Å². The number of alkyl halides is 3. The minimum Gasteiger partial charge on any atom is -0.484 e. The highest BCUT2D eigenvalue weighted by atomic mass is 32.2. The minimum atomic E-state index is -4.39. The maximum atomic E-state index is 12.0. The molecule has 0 aliphatic rings. The Hall–Kier alpha value is -2.06. The zero-order valence-electron chi connectivity index (χ0n) is 11.2. The van der Waals surface area contributed by atoms with Crippen molar-refractivity contribution < 1.29 is 26.3 Å². The molecule has 0 atom stereocenters. The molecule has 0 fully saturated rings. The summed E-state index contributed by atoms with van der Waals surface area (Å²) in [5, 5.41) is 5.00. The second-order valence-electron chi connectivity index (χ2n) is 4.50. The number of rotatable bonds is 4. The van der Waals surface area contributed by atoms with Gasteiger partial charge in [-0.15, -0.1) is 0 Å². The van der Waals surface area contributed by atoms with Crippen LogP contribution in [-0.2, 0) is 10.0 Å². The predicted molar refractivity (Wildman–Crippen MR) is 74.8 cm³/mol. The van der Waals surface area contributed by atoms with Crippen LogP contribution in [0.5, 0.6) is 5.75 Å². The quantitative estimate of drug-likeness (QED) is 0.936. The Morgan fingerprint density at radius 3 is 1.77 bits per heavy atom. The van der Waals surface area contributed by atoms with Crippen molar-refractivity contribution in [2.24, 2.45) is 5.14 Å². The summed E-state index contributed by atoms with van der Waals surface area (Å²) >= 11 is 0. The molecule has 2 aromatic rings. The fourth-order valence-corrected chi connectivity index (χ4v) is 2.26. The zero-order valence-corrected chi connectivity index (χ0v) is 12.0. The number of primary sulfonamides is 1. The van der Waals surface area contributed by atoms with E-state index in [1.807, 2.05) is 0 Å². The van der Waals surface area contributed by atoms with Gasteiger partial charge in [-0.25, -0.2) is 13.6 Å². The van der Waals surface area contributed by atoms with Crippen LogP contribution in [0.4, 0.5) is 13.2 Å². The molecular weight excluding hydrogens is 319 g/mol. The van der Waals surface area contributed by atoms with Gasteiger partial charge in [-0.3, -0.25) is 0 Å². The molecule has 0 heterocycles. The summed E-state index contributed by atoms with van der Waals surface area (Å²) in [5.74, 6) is 0.0993. The van der Waals surface area contributed by atoms with Gasteiger partial charge in [0.1, 0.15) is 5.75 Å². The largest absolute Gasteiger partial charge is 0.484 e. The lowest BCUT2D eigenvalue weighted by Gasteiger charge is -2.09. The Labute approximate surface area is 125 Å². The van der Waals surface area contributed by atoms with Crippen LogP contribution in [0.3, 0.4) is 0 Å². The topological polar surface area (TPSA) is 69.4 Å². The van der Waals surface area contributed by atoms with Crippen molar-refractivity contribution >= 4 is 10.0 Å². The average molecular weight is 331 g/mol. The molecule has 0 radical (unpaired) electrons. The van der Waals surface area contributed by atoms with Gasteiger partial charge in [-0.2, -0.15) is 13.2 Å². The molecule has 0 saturated heterocycles. The van der Waals surface area contributed by atoms with Crippen molar-refractivity contribution in [1.82, 2.24) is 0 Å². The maximum Gasteiger partial charge on any atom is 0.422 e. The van der Waals surface area contributed by atoms with Crippen LogP contribution in [0, 0.1) is 0 Å². The molecule has 0 spiro atoms. The van der Waals surface area contributed by atoms with Crippen molar-refractivity contribution in [1.29, 1.82) is 0 Å². The van der Waals surface area contributed by atoms with Crippen LogP contribution in [0.2, 0.25) is 0 Å². The second kappa shape index (κ2) is 5.98. The highest BCUT2D eigenvalue weighted by Crippen LogP contribution is 2.24. The molecule has 4 nitrogen and oxygen atoms in total. The van der Waals surface area contributed by atoms with Crippen molar-refractivity contribution in [3.63, 3.8) is 0 Å². The van der Waals surface area contributed by atoms with Gasteiger partial charge in [0, 0.05) is 0 Å². The van der Waals surface area contributed by atoms with E-state index < -0.39 is 22.8 Å². The van der Waals surface area contributed by atoms with Gasteiger partial charge in [-0.1, -0.05) is 24.3 Å². The number of hydrogen-bond acceptors (Lipinski definition) is 3. The Balaban J connectivity index is 2.13. The average Bonchev–Trinajstić information content (AvgIpc) is 2.44. The summed E-state index contributed by atoms with van der Waals surface area (Å²) in [7, 11) is -3.76. The number of benzene rings is 2. The molecule has 0 unspecified atom stereocenters. The molecule has 8 heteroatoms. The van der Waals surface area contributed by atoms with E-state index in [1.165, 1.54) is 24.3 Å². The van der Waals surface area contributed by atoms with E-state index >= 15 is 0 Å². The van der Waals surface area contributed by atoms with Crippen LogP contribution < -0.4 is 9.88 Å². The SMILES string of the molecule is NS(=O)(=O)c1ccc(-c2ccc(OCC(F)(F)F)cc2)cc1. The summed E-state index contributed by atoms with van der Waals surface area (Å²) in [5.41, 5.74) is 1.41. The number of sulfonamides is 1. The molecule has 0 saturated carbocycles. The van der Waals surface area contributed by atoms with Gasteiger partial charge >= 0.3 is 6.18 Å². The predicted octanol–water partition coefficient (Wildman–Crippen LogP) is 2.94. The van der Waals surface area contributed by atoms with E-state index in [1.54, 1.807) is 24.3 Å². The first-order valence-corrected chi connectivity index (χ1v) is 7.63. The monoisotopic (exact) mass is 331 g/mol. The van der Waals surface area contributed by atoms with Gasteiger partial charge in [0.25, 0.3) is 0 Å². The van der Waals surface area contributed by atoms with Crippen molar-refractivity contribution in [2.75, 3.05) is 6.61 Å². The van der Waals surface area contributed by atoms with E-state index in [0.717, 1.165) is 0 Å². The first kappa shape index (κ1) is 16.3. The maximum absolute atomic E-state index is 12.0. The Morgan fingerprint density at radius 1 is 0.909 bits per heavy atom. The Kier molecular flexibility index (Phi) is 4.43. The van der Waals surface area contributed by atoms with Gasteiger partial charge in [0.15, 0.2) is 6.61 Å². The normalized spacial score (nSPS) is 12.2. The Bertz CT molecular complexity index is 738. The van der Waals surface area contributed by atoms with Gasteiger partial charge in [-0.05, 0) is 35.4 Å². The fraction of sp³-hybridized carbons (Fsp3) is 0.143. The summed E-state index contributed by atoms with van der Waals surface area (Å²) < 4.78 is 63.0. The highest BCUT2D eigenvalue weighted by Gasteiger charge is 2.28. The van der Waals surface area contributed by atoms with Crippen molar-refractivity contribution in [3.8, 4) is 16.9 Å². The Morgan fingerprint density at radius 2 is 1.36 bits per heavy atom. The number of nitrogens with two attached hydrogens (primary N) is 1. The van der Waals surface area contributed by atoms with Crippen LogP contribution >= 0.6 is 0 Å². The molecule has 0 amide bonds. The van der Waals surface area contributed by atoms with Crippen molar-refractivity contribution in [3.05, 3.63) is 48.5 Å². The van der Waals surface area contributed by atoms with Crippen LogP contribution in [0.1, 0.15) is 0 Å². The molecule has 118 valence electrons. The third kappa shape index (κ3) is 4.47. The molecule has 2 rings (SSSR count). The van der Waals surface area contributed by atoms with Gasteiger partial charge in [0.2, 0.25) is 10.0 Å². The lowest BCUT2D eigenvalue weighted by Crippen LogP contribution is -2.19. The van der Waals surface area contributed by atoms with E-state index in [4.69, 9.17) is 5.14 Å². The lowest BCUT2D eigenvalue weighted by molar-refractivity contribution is -0.153. The van der Waals surface area contributed by atoms with Crippen molar-refractivity contribution in [2.45, 2.75) is 11.1 Å². The third-order valence-corrected chi connectivity index (χ3v) is 3.70. The van der Waals surface area contributed by atoms with Crippen LogP contribution in [-0.4, -0.2) is 21.2 Å². The zero-order chi connectivity index (χ0) is 16.4. The van der Waals surface area contributed by atoms with Gasteiger partial charge in [0.05, 0.1) is 4.90 Å². The summed E-state index contributed by atoms with van der Waals surface area (Å²) in [6, 6.07) is 11.8. The minimum absolute atomic E-state index is 0.0126. The molecule has 0 aliphatic heterocycles. The second-order valence-corrected chi connectivity index (χ2v) is 6.06. The van der Waals surface area contributed by atoms with Gasteiger partial charge < -0.3 is 4.74 Å². The van der Waals surface area contributed by atoms with E-state index in [0.29, 0.717) is 11.1 Å². The highest BCUT2D eigenvalue weighted by molar-refractivity contribution is 7.89. The van der Waals surface area contributed by atoms with E-state index in [-0.39, 0.29) is 10.6 Å². The number of halogens is 3. The smallest absolute Gasteiger partial charge is 0.422 e. The molecule has 0 aromatic heterocycles. The first-order valence-electron chi connectivity index (χ1n) is 6.08. The number of ether oxygens (including phenoxy) is 1. The summed E-state index contributed by atoms with van der Waals surface area (Å²) in [6.45, 7) is -1.35. The standard InChI is InChI=1S/C14H12F3NO3S/c15-14(16,17)9-21-12-5-1-10(2-6-12)11-3-7-13(8-4-11)22(18,19)20/h1-8H,9H2,(H2,18,19,20). The summed E-state index contributed by atoms with van der Waals surface area (Å²) in [6.07, 6.45) is -4.39. The first-order chi connectivity index (χ1) is 10.1. The molecule has 0 aliphatic carbocycles. The van der Waals surface area contributed by atoms with E-state index in [2.05, 4.69) is 4.74 Å². The molecule has 0 bridgehead atoms. The molecule has 22 heavy (non-hydrogen) atoms. The molecular formula is C14H12F3NO3S. The van der Waals surface area contributed by atoms with Crippen LogP contribution in [0.15, 0.2) is 53.4 Å². The molecule has 2 N–H and O–H groups in total. The molecule has 2 aromatic carbocycles. The third-order valence-electron chi connectivity index (χ3n) is 2.77. The number of hydrogen-bond donors (Lipinski definition) is 1.